The molecule has 1 aromatic carbocycles. The van der Waals surface area contributed by atoms with Crippen molar-refractivity contribution in [3.8, 4) is 0 Å². The first-order valence-electron chi connectivity index (χ1n) is 7.46. The highest BCUT2D eigenvalue weighted by atomic mass is 32.2. The minimum Gasteiger partial charge on any atom is -0.460 e. The third-order valence-corrected chi connectivity index (χ3v) is 4.90. The van der Waals surface area contributed by atoms with Crippen LogP contribution in [-0.2, 0) is 10.0 Å². The standard InChI is InChI=1S/C15H16N4O5S/c1-9-6-12(9)15-5-2-10(24-15)8-17-18-13-4-3-11(25(16,22)23)7-14(13)19(20)21/h2-5,7-9,12,18H,6H2,1H3,(H2,16,22,23)/b17-8-/t9-,12-/m1/s1. The van der Waals surface area contributed by atoms with E-state index in [-0.39, 0.29) is 10.6 Å². The minimum atomic E-state index is -4.03. The van der Waals surface area contributed by atoms with Gasteiger partial charge in [0.15, 0.2) is 0 Å². The van der Waals surface area contributed by atoms with Gasteiger partial charge >= 0.3 is 0 Å². The van der Waals surface area contributed by atoms with Gasteiger partial charge in [-0.25, -0.2) is 13.6 Å². The molecule has 2 aromatic rings. The van der Waals surface area contributed by atoms with Crippen LogP contribution < -0.4 is 10.6 Å². The zero-order valence-electron chi connectivity index (χ0n) is 13.2. The van der Waals surface area contributed by atoms with Crippen LogP contribution >= 0.6 is 0 Å². The van der Waals surface area contributed by atoms with Crippen molar-refractivity contribution in [3.63, 3.8) is 0 Å². The second kappa shape index (κ2) is 6.30. The number of nitrogens with two attached hydrogens (primary N) is 1. The Balaban J connectivity index is 1.76. The second-order valence-corrected chi connectivity index (χ2v) is 7.47. The maximum Gasteiger partial charge on any atom is 0.295 e. The van der Waals surface area contributed by atoms with Gasteiger partial charge in [-0.3, -0.25) is 15.5 Å². The highest BCUT2D eigenvalue weighted by Gasteiger charge is 2.36. The zero-order chi connectivity index (χ0) is 18.2. The van der Waals surface area contributed by atoms with Crippen LogP contribution in [0.25, 0.3) is 0 Å². The van der Waals surface area contributed by atoms with E-state index in [2.05, 4.69) is 17.5 Å². The van der Waals surface area contributed by atoms with Crippen LogP contribution in [0, 0.1) is 16.0 Å². The van der Waals surface area contributed by atoms with Crippen molar-refractivity contribution in [1.82, 2.24) is 0 Å². The molecule has 0 radical (unpaired) electrons. The molecular formula is C15H16N4O5S. The third-order valence-electron chi connectivity index (χ3n) is 3.99. The summed E-state index contributed by atoms with van der Waals surface area (Å²) in [5, 5.41) is 20.0. The average Bonchev–Trinajstić information content (AvgIpc) is 3.07. The molecule has 1 aliphatic rings. The van der Waals surface area contributed by atoms with Gasteiger partial charge < -0.3 is 4.42 Å². The topological polar surface area (TPSA) is 141 Å². The fourth-order valence-electron chi connectivity index (χ4n) is 2.46. The molecule has 0 bridgehead atoms. The molecule has 10 heteroatoms. The molecule has 3 rings (SSSR count). The Morgan fingerprint density at radius 3 is 2.72 bits per heavy atom. The summed E-state index contributed by atoms with van der Waals surface area (Å²) in [6.45, 7) is 2.15. The van der Waals surface area contributed by atoms with Crippen molar-refractivity contribution in [2.24, 2.45) is 16.2 Å². The smallest absolute Gasteiger partial charge is 0.295 e. The maximum atomic E-state index is 11.3. The summed E-state index contributed by atoms with van der Waals surface area (Å²) in [5.74, 6) is 2.49. The van der Waals surface area contributed by atoms with Crippen molar-refractivity contribution < 1.29 is 17.8 Å². The van der Waals surface area contributed by atoms with Gasteiger partial charge in [-0.1, -0.05) is 6.92 Å². The molecule has 25 heavy (non-hydrogen) atoms. The number of sulfonamides is 1. The summed E-state index contributed by atoms with van der Waals surface area (Å²) >= 11 is 0. The number of primary sulfonamides is 1. The lowest BCUT2D eigenvalue weighted by Crippen LogP contribution is -2.12. The number of nitrogens with one attached hydrogen (secondary N) is 1. The summed E-state index contributed by atoms with van der Waals surface area (Å²) in [4.78, 5) is 10.0. The molecule has 0 spiro atoms. The van der Waals surface area contributed by atoms with Gasteiger partial charge in [0.05, 0.1) is 16.0 Å². The molecule has 0 aliphatic heterocycles. The van der Waals surface area contributed by atoms with Gasteiger partial charge in [0.1, 0.15) is 17.2 Å². The van der Waals surface area contributed by atoms with Crippen LogP contribution in [0.3, 0.4) is 0 Å². The predicted octanol–water partition coefficient (Wildman–Crippen LogP) is 2.40. The molecule has 0 amide bonds. The van der Waals surface area contributed by atoms with Crippen molar-refractivity contribution >= 4 is 27.6 Å². The molecule has 132 valence electrons. The average molecular weight is 364 g/mol. The number of nitrogens with zero attached hydrogens (tertiary/aromatic N) is 2. The summed E-state index contributed by atoms with van der Waals surface area (Å²) in [6, 6.07) is 6.93. The van der Waals surface area contributed by atoms with E-state index in [0.717, 1.165) is 18.2 Å². The van der Waals surface area contributed by atoms with Gasteiger partial charge in [0, 0.05) is 12.0 Å². The van der Waals surface area contributed by atoms with Crippen LogP contribution in [0.15, 0.2) is 44.7 Å². The zero-order valence-corrected chi connectivity index (χ0v) is 14.1. The highest BCUT2D eigenvalue weighted by molar-refractivity contribution is 7.89. The lowest BCUT2D eigenvalue weighted by Gasteiger charge is -2.04. The van der Waals surface area contributed by atoms with E-state index >= 15 is 0 Å². The summed E-state index contributed by atoms with van der Waals surface area (Å²) in [6.07, 6.45) is 2.50. The van der Waals surface area contributed by atoms with Crippen LogP contribution in [0.4, 0.5) is 11.4 Å². The molecule has 1 heterocycles. The largest absolute Gasteiger partial charge is 0.460 e. The number of rotatable bonds is 6. The summed E-state index contributed by atoms with van der Waals surface area (Å²) in [7, 11) is -4.03. The predicted molar refractivity (Wildman–Crippen MR) is 90.9 cm³/mol. The van der Waals surface area contributed by atoms with Crippen molar-refractivity contribution in [2.45, 2.75) is 24.2 Å². The van der Waals surface area contributed by atoms with Crippen molar-refractivity contribution in [1.29, 1.82) is 0 Å². The molecule has 1 fully saturated rings. The van der Waals surface area contributed by atoms with Gasteiger partial charge in [-0.05, 0) is 36.6 Å². The monoisotopic (exact) mass is 364 g/mol. The van der Waals surface area contributed by atoms with E-state index in [1.165, 1.54) is 18.3 Å². The Hall–Kier alpha value is -2.72. The highest BCUT2D eigenvalue weighted by Crippen LogP contribution is 2.47. The number of furan rings is 1. The van der Waals surface area contributed by atoms with Gasteiger partial charge in [0.2, 0.25) is 10.0 Å². The SMILES string of the molecule is C[C@@H]1C[C@H]1c1ccc(/C=N\Nc2ccc(S(N)(=O)=O)cc2[N+](=O)[O-])o1. The Bertz CT molecular complexity index is 951. The van der Waals surface area contributed by atoms with E-state index in [0.29, 0.717) is 17.6 Å². The molecule has 0 saturated heterocycles. The fourth-order valence-corrected chi connectivity index (χ4v) is 2.99. The Morgan fingerprint density at radius 1 is 1.40 bits per heavy atom. The maximum absolute atomic E-state index is 11.3. The first-order valence-corrected chi connectivity index (χ1v) is 9.00. The van der Waals surface area contributed by atoms with E-state index in [4.69, 9.17) is 9.56 Å². The number of nitro groups is 1. The van der Waals surface area contributed by atoms with E-state index in [1.807, 2.05) is 6.07 Å². The summed E-state index contributed by atoms with van der Waals surface area (Å²) < 4.78 is 28.2. The number of hydrogen-bond acceptors (Lipinski definition) is 7. The van der Waals surface area contributed by atoms with Gasteiger partial charge in [-0.15, -0.1) is 0 Å². The molecule has 1 aromatic heterocycles. The Morgan fingerprint density at radius 2 is 2.12 bits per heavy atom. The number of benzene rings is 1. The summed E-state index contributed by atoms with van der Waals surface area (Å²) in [5.41, 5.74) is 2.11. The second-order valence-electron chi connectivity index (χ2n) is 5.91. The van der Waals surface area contributed by atoms with Crippen LogP contribution in [0.5, 0.6) is 0 Å². The molecule has 0 unspecified atom stereocenters. The Kier molecular flexibility index (Phi) is 4.31. The van der Waals surface area contributed by atoms with Gasteiger partial charge in [0.25, 0.3) is 5.69 Å². The number of hydrogen-bond donors (Lipinski definition) is 2. The Labute approximate surface area is 143 Å². The lowest BCUT2D eigenvalue weighted by molar-refractivity contribution is -0.384. The normalized spacial score (nSPS) is 19.9. The van der Waals surface area contributed by atoms with Crippen LogP contribution in [-0.4, -0.2) is 19.6 Å². The minimum absolute atomic E-state index is 0.0382. The number of anilines is 1. The number of hydrazone groups is 1. The molecular weight excluding hydrogens is 348 g/mol. The molecule has 1 saturated carbocycles. The van der Waals surface area contributed by atoms with Crippen molar-refractivity contribution in [3.05, 3.63) is 52.0 Å². The first kappa shape index (κ1) is 17.1. The first-order chi connectivity index (χ1) is 11.8. The quantitative estimate of drug-likeness (QED) is 0.458. The van der Waals surface area contributed by atoms with E-state index < -0.39 is 20.6 Å². The fraction of sp³-hybridized carbons (Fsp3) is 0.267. The molecule has 1 aliphatic carbocycles. The van der Waals surface area contributed by atoms with Gasteiger partial charge in [-0.2, -0.15) is 5.10 Å². The lowest BCUT2D eigenvalue weighted by atomic mass is 10.3. The number of nitro benzene ring substituents is 1. The molecule has 3 N–H and O–H groups in total. The van der Waals surface area contributed by atoms with E-state index in [1.54, 1.807) is 6.07 Å². The molecule has 9 nitrogen and oxygen atoms in total. The molecule has 2 atom stereocenters. The van der Waals surface area contributed by atoms with Crippen LogP contribution in [0.1, 0.15) is 30.8 Å². The van der Waals surface area contributed by atoms with E-state index in [9.17, 15) is 18.5 Å². The van der Waals surface area contributed by atoms with Crippen LogP contribution in [0.2, 0.25) is 0 Å². The van der Waals surface area contributed by atoms with Crippen molar-refractivity contribution in [2.75, 3.05) is 5.43 Å². The third kappa shape index (κ3) is 3.86.